The Hall–Kier alpha value is -2.34. The van der Waals surface area contributed by atoms with Gasteiger partial charge in [-0.3, -0.25) is 14.9 Å². The number of likely N-dealkylation sites (N-methyl/N-ethyl adjacent to an activating group) is 1. The number of primary sulfonamides is 1. The molecule has 0 spiro atoms. The minimum atomic E-state index is -3.81. The Kier molecular flexibility index (Phi) is 6.08. The van der Waals surface area contributed by atoms with E-state index in [2.05, 4.69) is 22.1 Å². The van der Waals surface area contributed by atoms with E-state index in [4.69, 9.17) is 5.14 Å². The molecule has 0 bridgehead atoms. The van der Waals surface area contributed by atoms with Crippen molar-refractivity contribution in [2.45, 2.75) is 11.8 Å². The monoisotopic (exact) mass is 423 g/mol. The topological polar surface area (TPSA) is 126 Å². The fourth-order valence-corrected chi connectivity index (χ4v) is 4.02. The summed E-state index contributed by atoms with van der Waals surface area (Å²) in [7, 11) is -3.81. The SMILES string of the molecule is CCN1CCN(C(=O)c2csc(NC(=O)c3ccc(S(N)(=O)=O)cc3)n2)CC1. The fourth-order valence-electron chi connectivity index (χ4n) is 2.82. The van der Waals surface area contributed by atoms with Gasteiger partial charge in [0, 0.05) is 37.1 Å². The predicted octanol–water partition coefficient (Wildman–Crippen LogP) is 0.820. The number of nitrogens with two attached hydrogens (primary N) is 1. The maximum atomic E-state index is 12.6. The number of hydrogen-bond acceptors (Lipinski definition) is 7. The molecule has 0 unspecified atom stereocenters. The van der Waals surface area contributed by atoms with E-state index in [0.717, 1.165) is 31.0 Å². The number of nitrogens with one attached hydrogen (secondary N) is 1. The number of carbonyl (C=O) groups excluding carboxylic acids is 2. The predicted molar refractivity (Wildman–Crippen MR) is 106 cm³/mol. The van der Waals surface area contributed by atoms with Crippen molar-refractivity contribution in [2.75, 3.05) is 38.0 Å². The number of anilines is 1. The summed E-state index contributed by atoms with van der Waals surface area (Å²) in [5, 5.41) is 9.58. The van der Waals surface area contributed by atoms with Crippen LogP contribution in [0.3, 0.4) is 0 Å². The Labute approximate surface area is 167 Å². The molecule has 1 saturated heterocycles. The van der Waals surface area contributed by atoms with Crippen molar-refractivity contribution < 1.29 is 18.0 Å². The van der Waals surface area contributed by atoms with E-state index in [9.17, 15) is 18.0 Å². The lowest BCUT2D eigenvalue weighted by atomic mass is 10.2. The molecule has 0 atom stereocenters. The van der Waals surface area contributed by atoms with Gasteiger partial charge in [-0.1, -0.05) is 6.92 Å². The third-order valence-corrected chi connectivity index (χ3v) is 6.18. The highest BCUT2D eigenvalue weighted by atomic mass is 32.2. The third-order valence-electron chi connectivity index (χ3n) is 4.50. The fraction of sp³-hybridized carbons (Fsp3) is 0.353. The molecule has 0 radical (unpaired) electrons. The quantitative estimate of drug-likeness (QED) is 0.733. The molecule has 1 aliphatic heterocycles. The molecule has 2 heterocycles. The average molecular weight is 424 g/mol. The van der Waals surface area contributed by atoms with Crippen LogP contribution in [0.15, 0.2) is 34.5 Å². The van der Waals surface area contributed by atoms with Crippen LogP contribution >= 0.6 is 11.3 Å². The van der Waals surface area contributed by atoms with Gasteiger partial charge in [0.15, 0.2) is 5.13 Å². The van der Waals surface area contributed by atoms with E-state index in [-0.39, 0.29) is 16.4 Å². The molecule has 1 aromatic carbocycles. The van der Waals surface area contributed by atoms with Crippen LogP contribution in [-0.4, -0.2) is 67.7 Å². The van der Waals surface area contributed by atoms with E-state index in [1.54, 1.807) is 10.3 Å². The zero-order valence-corrected chi connectivity index (χ0v) is 16.9. The van der Waals surface area contributed by atoms with Crippen LogP contribution in [0.4, 0.5) is 5.13 Å². The number of thiazole rings is 1. The summed E-state index contributed by atoms with van der Waals surface area (Å²) in [4.78, 5) is 33.0. The van der Waals surface area contributed by atoms with E-state index < -0.39 is 15.9 Å². The van der Waals surface area contributed by atoms with Gasteiger partial charge in [-0.15, -0.1) is 11.3 Å². The molecule has 11 heteroatoms. The van der Waals surface area contributed by atoms with Crippen molar-refractivity contribution in [3.05, 3.63) is 40.9 Å². The van der Waals surface area contributed by atoms with Gasteiger partial charge in [-0.05, 0) is 30.8 Å². The molecule has 1 aliphatic rings. The van der Waals surface area contributed by atoms with Crippen LogP contribution in [0, 0.1) is 0 Å². The van der Waals surface area contributed by atoms with Crippen LogP contribution in [0.2, 0.25) is 0 Å². The average Bonchev–Trinajstić information content (AvgIpc) is 3.15. The van der Waals surface area contributed by atoms with E-state index >= 15 is 0 Å². The lowest BCUT2D eigenvalue weighted by Gasteiger charge is -2.33. The lowest BCUT2D eigenvalue weighted by Crippen LogP contribution is -2.48. The number of aromatic nitrogens is 1. The second kappa shape index (κ2) is 8.35. The van der Waals surface area contributed by atoms with Gasteiger partial charge >= 0.3 is 0 Å². The van der Waals surface area contributed by atoms with Crippen molar-refractivity contribution >= 4 is 38.3 Å². The molecule has 1 fully saturated rings. The van der Waals surface area contributed by atoms with Crippen molar-refractivity contribution in [3.63, 3.8) is 0 Å². The minimum absolute atomic E-state index is 0.0747. The van der Waals surface area contributed by atoms with Gasteiger partial charge in [0.1, 0.15) is 5.69 Å². The van der Waals surface area contributed by atoms with Crippen LogP contribution in [0.1, 0.15) is 27.8 Å². The zero-order valence-electron chi connectivity index (χ0n) is 15.3. The Bertz CT molecular complexity index is 964. The Morgan fingerprint density at radius 3 is 2.39 bits per heavy atom. The number of carbonyl (C=O) groups is 2. The largest absolute Gasteiger partial charge is 0.335 e. The third kappa shape index (κ3) is 4.73. The van der Waals surface area contributed by atoms with Crippen LogP contribution in [0.25, 0.3) is 0 Å². The van der Waals surface area contributed by atoms with Gasteiger partial charge in [-0.25, -0.2) is 18.5 Å². The summed E-state index contributed by atoms with van der Waals surface area (Å²) in [6.45, 7) is 6.04. The van der Waals surface area contributed by atoms with Gasteiger partial charge in [0.25, 0.3) is 11.8 Å². The molecule has 2 amide bonds. The maximum absolute atomic E-state index is 12.6. The van der Waals surface area contributed by atoms with Crippen molar-refractivity contribution in [3.8, 4) is 0 Å². The number of amides is 2. The standard InChI is InChI=1S/C17H21N5O4S2/c1-2-21-7-9-22(10-8-21)16(24)14-11-27-17(19-14)20-15(23)12-3-5-13(6-4-12)28(18,25)26/h3-6,11H,2,7-10H2,1H3,(H2,18,25,26)(H,19,20,23). The molecule has 3 N–H and O–H groups in total. The summed E-state index contributed by atoms with van der Waals surface area (Å²) < 4.78 is 22.5. The van der Waals surface area contributed by atoms with Crippen LogP contribution < -0.4 is 10.5 Å². The van der Waals surface area contributed by atoms with Gasteiger partial charge < -0.3 is 9.80 Å². The summed E-state index contributed by atoms with van der Waals surface area (Å²) in [5.41, 5.74) is 0.556. The molecule has 9 nitrogen and oxygen atoms in total. The highest BCUT2D eigenvalue weighted by Gasteiger charge is 2.23. The van der Waals surface area contributed by atoms with Crippen molar-refractivity contribution in [2.24, 2.45) is 5.14 Å². The highest BCUT2D eigenvalue weighted by Crippen LogP contribution is 2.19. The van der Waals surface area contributed by atoms with Crippen LogP contribution in [-0.2, 0) is 10.0 Å². The first-order chi connectivity index (χ1) is 13.3. The lowest BCUT2D eigenvalue weighted by molar-refractivity contribution is 0.0638. The minimum Gasteiger partial charge on any atom is -0.335 e. The zero-order chi connectivity index (χ0) is 20.3. The van der Waals surface area contributed by atoms with E-state index in [1.807, 2.05) is 0 Å². The number of piperazine rings is 1. The van der Waals surface area contributed by atoms with E-state index in [1.165, 1.54) is 24.3 Å². The van der Waals surface area contributed by atoms with Crippen molar-refractivity contribution in [1.29, 1.82) is 0 Å². The molecule has 28 heavy (non-hydrogen) atoms. The summed E-state index contributed by atoms with van der Waals surface area (Å²) in [5.74, 6) is -0.601. The summed E-state index contributed by atoms with van der Waals surface area (Å²) >= 11 is 1.16. The normalized spacial score (nSPS) is 15.4. The Balaban J connectivity index is 1.62. The maximum Gasteiger partial charge on any atom is 0.273 e. The summed E-state index contributed by atoms with van der Waals surface area (Å²) in [6.07, 6.45) is 0. The Morgan fingerprint density at radius 1 is 1.18 bits per heavy atom. The van der Waals surface area contributed by atoms with Gasteiger partial charge in [0.05, 0.1) is 4.90 Å². The molecular weight excluding hydrogens is 402 g/mol. The summed E-state index contributed by atoms with van der Waals surface area (Å²) in [6, 6.07) is 5.25. The number of hydrogen-bond donors (Lipinski definition) is 2. The highest BCUT2D eigenvalue weighted by molar-refractivity contribution is 7.89. The number of nitrogens with zero attached hydrogens (tertiary/aromatic N) is 3. The van der Waals surface area contributed by atoms with Gasteiger partial charge in [-0.2, -0.15) is 0 Å². The first-order valence-electron chi connectivity index (χ1n) is 8.69. The van der Waals surface area contributed by atoms with Crippen molar-refractivity contribution in [1.82, 2.24) is 14.8 Å². The first kappa shape index (κ1) is 20.4. The first-order valence-corrected chi connectivity index (χ1v) is 11.1. The van der Waals surface area contributed by atoms with Crippen LogP contribution in [0.5, 0.6) is 0 Å². The Morgan fingerprint density at radius 2 is 1.82 bits per heavy atom. The molecule has 2 aromatic rings. The second-order valence-electron chi connectivity index (χ2n) is 6.29. The molecule has 0 saturated carbocycles. The smallest absolute Gasteiger partial charge is 0.273 e. The molecule has 0 aliphatic carbocycles. The molecular formula is C17H21N5O4S2. The number of sulfonamides is 1. The molecule has 150 valence electrons. The molecule has 1 aromatic heterocycles. The van der Waals surface area contributed by atoms with E-state index in [0.29, 0.717) is 23.9 Å². The number of rotatable bonds is 5. The molecule has 3 rings (SSSR count). The number of benzene rings is 1. The second-order valence-corrected chi connectivity index (χ2v) is 8.71. The van der Waals surface area contributed by atoms with Gasteiger partial charge in [0.2, 0.25) is 10.0 Å².